The van der Waals surface area contributed by atoms with Crippen molar-refractivity contribution >= 4 is 32.7 Å². The molecule has 0 amide bonds. The minimum Gasteiger partial charge on any atom is -0.456 e. The first-order valence-electron chi connectivity index (χ1n) is 19.2. The second-order valence-corrected chi connectivity index (χ2v) is 15.3. The molecule has 0 spiro atoms. The van der Waals surface area contributed by atoms with E-state index in [2.05, 4.69) is 178 Å². The normalized spacial score (nSPS) is 13.0. The van der Waals surface area contributed by atoms with Crippen molar-refractivity contribution in [1.82, 2.24) is 9.97 Å². The first-order chi connectivity index (χ1) is 27.5. The Morgan fingerprint density at radius 1 is 0.411 bits per heavy atom. The number of hydrogen-bond acceptors (Lipinski definition) is 3. The van der Waals surface area contributed by atoms with Crippen LogP contribution in [0.15, 0.2) is 186 Å². The third-order valence-electron chi connectivity index (χ3n) is 11.7. The van der Waals surface area contributed by atoms with Crippen molar-refractivity contribution in [3.05, 3.63) is 193 Å². The van der Waals surface area contributed by atoms with Gasteiger partial charge < -0.3 is 4.42 Å². The maximum Gasteiger partial charge on any atom is 0.160 e. The zero-order chi connectivity index (χ0) is 37.4. The fraction of sp³-hybridized carbons (Fsp3) is 0.0566. The minimum atomic E-state index is -0.125. The van der Waals surface area contributed by atoms with E-state index in [0.717, 1.165) is 66.7 Å². The molecule has 3 heteroatoms. The zero-order valence-electron chi connectivity index (χ0n) is 31.1. The molecule has 1 aliphatic rings. The number of rotatable bonds is 5. The second kappa shape index (κ2) is 12.5. The lowest BCUT2D eigenvalue weighted by molar-refractivity contribution is 0.660. The predicted molar refractivity (Wildman–Crippen MR) is 232 cm³/mol. The highest BCUT2D eigenvalue weighted by molar-refractivity contribution is 6.13. The lowest BCUT2D eigenvalue weighted by atomic mass is 9.82. The summed E-state index contributed by atoms with van der Waals surface area (Å²) in [6, 6.07) is 64.8. The van der Waals surface area contributed by atoms with Gasteiger partial charge in [-0.15, -0.1) is 0 Å². The van der Waals surface area contributed by atoms with Gasteiger partial charge in [0.05, 0.1) is 11.4 Å². The predicted octanol–water partition coefficient (Wildman–Crippen LogP) is 14.2. The van der Waals surface area contributed by atoms with E-state index in [1.54, 1.807) is 0 Å². The van der Waals surface area contributed by atoms with Crippen LogP contribution in [0.5, 0.6) is 0 Å². The van der Waals surface area contributed by atoms with Crippen LogP contribution >= 0.6 is 0 Å². The van der Waals surface area contributed by atoms with Gasteiger partial charge in [-0.1, -0.05) is 159 Å². The molecule has 56 heavy (non-hydrogen) atoms. The number of fused-ring (bicyclic) bond motifs is 7. The van der Waals surface area contributed by atoms with Crippen molar-refractivity contribution in [2.75, 3.05) is 0 Å². The van der Waals surface area contributed by atoms with E-state index >= 15 is 0 Å². The maximum absolute atomic E-state index is 6.39. The molecule has 10 aromatic rings. The average Bonchev–Trinajstić information content (AvgIpc) is 3.75. The largest absolute Gasteiger partial charge is 0.456 e. The number of benzene rings is 8. The van der Waals surface area contributed by atoms with Gasteiger partial charge in [-0.05, 0) is 91.7 Å². The van der Waals surface area contributed by atoms with Crippen molar-refractivity contribution in [2.45, 2.75) is 19.3 Å². The average molecular weight is 717 g/mol. The quantitative estimate of drug-likeness (QED) is 0.178. The van der Waals surface area contributed by atoms with Gasteiger partial charge in [0.1, 0.15) is 11.2 Å². The molecule has 0 bridgehead atoms. The smallest absolute Gasteiger partial charge is 0.160 e. The van der Waals surface area contributed by atoms with Crippen molar-refractivity contribution in [3.8, 4) is 67.3 Å². The molecule has 11 rings (SSSR count). The molecule has 264 valence electrons. The van der Waals surface area contributed by atoms with Crippen molar-refractivity contribution < 1.29 is 4.42 Å². The summed E-state index contributed by atoms with van der Waals surface area (Å²) in [7, 11) is 0. The fourth-order valence-electron chi connectivity index (χ4n) is 9.00. The lowest BCUT2D eigenvalue weighted by Gasteiger charge is -2.21. The van der Waals surface area contributed by atoms with Gasteiger partial charge in [0, 0.05) is 32.9 Å². The number of aromatic nitrogens is 2. The Labute approximate surface area is 325 Å². The third kappa shape index (κ3) is 5.05. The highest BCUT2D eigenvalue weighted by Gasteiger charge is 2.36. The van der Waals surface area contributed by atoms with Gasteiger partial charge in [-0.2, -0.15) is 0 Å². The molecule has 0 atom stereocenters. The summed E-state index contributed by atoms with van der Waals surface area (Å²) in [6.07, 6.45) is 0. The van der Waals surface area contributed by atoms with Crippen LogP contribution in [0.4, 0.5) is 0 Å². The van der Waals surface area contributed by atoms with E-state index in [-0.39, 0.29) is 5.41 Å². The van der Waals surface area contributed by atoms with Gasteiger partial charge in [0.15, 0.2) is 5.82 Å². The summed E-state index contributed by atoms with van der Waals surface area (Å²) in [6.45, 7) is 4.65. The lowest BCUT2D eigenvalue weighted by Crippen LogP contribution is -2.14. The molecule has 3 nitrogen and oxygen atoms in total. The van der Waals surface area contributed by atoms with Gasteiger partial charge in [0.2, 0.25) is 0 Å². The summed E-state index contributed by atoms with van der Waals surface area (Å²) in [5.74, 6) is 0.696. The third-order valence-corrected chi connectivity index (χ3v) is 11.7. The number of furan rings is 1. The Hall–Kier alpha value is -7.10. The summed E-state index contributed by atoms with van der Waals surface area (Å²) < 4.78 is 6.39. The minimum absolute atomic E-state index is 0.125. The highest BCUT2D eigenvalue weighted by atomic mass is 16.3. The maximum atomic E-state index is 6.39. The van der Waals surface area contributed by atoms with E-state index in [1.807, 2.05) is 18.2 Å². The van der Waals surface area contributed by atoms with E-state index in [4.69, 9.17) is 14.4 Å². The fourth-order valence-corrected chi connectivity index (χ4v) is 9.00. The van der Waals surface area contributed by atoms with Crippen LogP contribution in [0.25, 0.3) is 100.0 Å². The Morgan fingerprint density at radius 3 is 1.89 bits per heavy atom. The van der Waals surface area contributed by atoms with E-state index in [9.17, 15) is 0 Å². The van der Waals surface area contributed by atoms with E-state index < -0.39 is 0 Å². The molecule has 0 saturated heterocycles. The Kier molecular flexibility index (Phi) is 7.20. The zero-order valence-corrected chi connectivity index (χ0v) is 31.1. The Bertz CT molecular complexity index is 3170. The molecule has 0 saturated carbocycles. The molecular formula is C53H36N2O. The van der Waals surface area contributed by atoms with Crippen LogP contribution in [0.1, 0.15) is 25.0 Å². The van der Waals surface area contributed by atoms with E-state index in [1.165, 1.54) is 38.6 Å². The highest BCUT2D eigenvalue weighted by Crippen LogP contribution is 2.52. The Morgan fingerprint density at radius 2 is 1.00 bits per heavy atom. The van der Waals surface area contributed by atoms with Crippen molar-refractivity contribution in [2.24, 2.45) is 0 Å². The summed E-state index contributed by atoms with van der Waals surface area (Å²) in [4.78, 5) is 10.7. The molecule has 8 aromatic carbocycles. The van der Waals surface area contributed by atoms with E-state index in [0.29, 0.717) is 5.82 Å². The molecule has 0 unspecified atom stereocenters. The van der Waals surface area contributed by atoms with Gasteiger partial charge >= 0.3 is 0 Å². The second-order valence-electron chi connectivity index (χ2n) is 15.3. The van der Waals surface area contributed by atoms with Gasteiger partial charge in [-0.25, -0.2) is 9.97 Å². The first kappa shape index (κ1) is 32.3. The van der Waals surface area contributed by atoms with Crippen LogP contribution < -0.4 is 0 Å². The molecular weight excluding hydrogens is 681 g/mol. The van der Waals surface area contributed by atoms with Crippen LogP contribution in [-0.2, 0) is 5.41 Å². The number of nitrogens with zero attached hydrogens (tertiary/aromatic N) is 2. The van der Waals surface area contributed by atoms with Crippen LogP contribution in [-0.4, -0.2) is 9.97 Å². The molecule has 1 aliphatic carbocycles. The molecule has 0 N–H and O–H groups in total. The summed E-state index contributed by atoms with van der Waals surface area (Å²) in [5, 5.41) is 4.63. The SMILES string of the molecule is CC1(C)c2ccccc2-c2c(-c3cc(-c4cc(-c5cccc6ccccc56)cc(-c5cccc6oc7ccccc7c56)c4)nc(-c4ccccc4)n3)cccc21. The van der Waals surface area contributed by atoms with Gasteiger partial charge in [-0.3, -0.25) is 0 Å². The van der Waals surface area contributed by atoms with Crippen molar-refractivity contribution in [1.29, 1.82) is 0 Å². The standard InChI is InChI=1S/C53H36N2O/c1-53(2)44-25-10-8-20-41(44)50-42(24-13-26-45(50)53)47-32-46(54-52(55-47)34-16-4-3-5-17-34)37-30-35(39-22-12-18-33-15-6-7-19-38(33)39)29-36(31-37)40-23-14-28-49-51(40)43-21-9-11-27-48(43)56-49/h3-32H,1-2H3. The molecule has 0 aliphatic heterocycles. The molecule has 2 aromatic heterocycles. The van der Waals surface area contributed by atoms with Crippen LogP contribution in [0, 0.1) is 0 Å². The molecule has 0 fully saturated rings. The Balaban J connectivity index is 1.20. The number of para-hydroxylation sites is 1. The summed E-state index contributed by atoms with van der Waals surface area (Å²) in [5.41, 5.74) is 16.2. The monoisotopic (exact) mass is 716 g/mol. The number of hydrogen-bond donors (Lipinski definition) is 0. The molecule has 2 heterocycles. The van der Waals surface area contributed by atoms with Crippen LogP contribution in [0.3, 0.4) is 0 Å². The summed E-state index contributed by atoms with van der Waals surface area (Å²) >= 11 is 0. The topological polar surface area (TPSA) is 38.9 Å². The van der Waals surface area contributed by atoms with Gasteiger partial charge in [0.25, 0.3) is 0 Å². The van der Waals surface area contributed by atoms with Crippen molar-refractivity contribution in [3.63, 3.8) is 0 Å². The first-order valence-corrected chi connectivity index (χ1v) is 19.2. The molecule has 0 radical (unpaired) electrons. The van der Waals surface area contributed by atoms with Crippen LogP contribution in [0.2, 0.25) is 0 Å².